The number of benzene rings is 1. The molecular weight excluding hydrogens is 242 g/mol. The van der Waals surface area contributed by atoms with E-state index in [1.165, 1.54) is 29.9 Å². The van der Waals surface area contributed by atoms with Gasteiger partial charge < -0.3 is 10.3 Å². The molecule has 0 aliphatic heterocycles. The fraction of sp³-hybridized carbons (Fsp3) is 0.357. The Bertz CT molecular complexity index is 437. The highest BCUT2D eigenvalue weighted by atomic mass is 32.2. The van der Waals surface area contributed by atoms with Crippen LogP contribution in [0.25, 0.3) is 0 Å². The molecule has 4 heteroatoms. The summed E-state index contributed by atoms with van der Waals surface area (Å²) in [6.07, 6.45) is 9.46. The molecule has 0 aliphatic rings. The van der Waals surface area contributed by atoms with E-state index in [9.17, 15) is 0 Å². The molecule has 2 rings (SSSR count). The van der Waals surface area contributed by atoms with Gasteiger partial charge in [0.1, 0.15) is 0 Å². The number of imidazole rings is 1. The highest BCUT2D eigenvalue weighted by Gasteiger charge is 1.95. The van der Waals surface area contributed by atoms with Gasteiger partial charge in [-0.3, -0.25) is 0 Å². The van der Waals surface area contributed by atoms with Crippen molar-refractivity contribution in [1.29, 1.82) is 0 Å². The van der Waals surface area contributed by atoms with Gasteiger partial charge in [-0.25, -0.2) is 4.98 Å². The summed E-state index contributed by atoms with van der Waals surface area (Å²) in [5, 5.41) is 0. The number of anilines is 1. The number of rotatable bonds is 7. The summed E-state index contributed by atoms with van der Waals surface area (Å²) in [5.74, 6) is 1.17. The molecule has 2 aromatic rings. The van der Waals surface area contributed by atoms with Gasteiger partial charge in [0.2, 0.25) is 0 Å². The van der Waals surface area contributed by atoms with Crippen molar-refractivity contribution in [2.24, 2.45) is 0 Å². The lowest BCUT2D eigenvalue weighted by atomic mass is 10.2. The molecule has 0 aliphatic carbocycles. The molecule has 1 aromatic carbocycles. The summed E-state index contributed by atoms with van der Waals surface area (Å²) in [7, 11) is 0. The normalized spacial score (nSPS) is 10.7. The fourth-order valence-corrected chi connectivity index (χ4v) is 2.66. The number of hydrogen-bond donors (Lipinski definition) is 1. The number of nitrogens with zero attached hydrogens (tertiary/aromatic N) is 2. The maximum Gasteiger partial charge on any atom is 0.0945 e. The molecule has 0 saturated carbocycles. The molecule has 18 heavy (non-hydrogen) atoms. The Balaban J connectivity index is 1.55. The zero-order valence-electron chi connectivity index (χ0n) is 10.5. The zero-order chi connectivity index (χ0) is 12.6. The maximum absolute atomic E-state index is 5.65. The average Bonchev–Trinajstić information content (AvgIpc) is 2.89. The first-order valence-electron chi connectivity index (χ1n) is 6.29. The molecule has 0 bridgehead atoms. The monoisotopic (exact) mass is 261 g/mol. The Morgan fingerprint density at radius 2 is 1.94 bits per heavy atom. The summed E-state index contributed by atoms with van der Waals surface area (Å²) in [6.45, 7) is 1.08. The fourth-order valence-electron chi connectivity index (χ4n) is 1.75. The molecule has 0 radical (unpaired) electrons. The third kappa shape index (κ3) is 4.45. The predicted molar refractivity (Wildman–Crippen MR) is 77.7 cm³/mol. The van der Waals surface area contributed by atoms with Crippen molar-refractivity contribution in [3.05, 3.63) is 43.0 Å². The second-order valence-electron chi connectivity index (χ2n) is 4.28. The first-order chi connectivity index (χ1) is 8.84. The minimum Gasteiger partial charge on any atom is -0.399 e. The summed E-state index contributed by atoms with van der Waals surface area (Å²) in [5.41, 5.74) is 6.48. The van der Waals surface area contributed by atoms with Crippen LogP contribution in [-0.2, 0) is 6.54 Å². The van der Waals surface area contributed by atoms with Crippen molar-refractivity contribution in [3.8, 4) is 0 Å². The van der Waals surface area contributed by atoms with E-state index in [1.807, 2.05) is 42.6 Å². The highest BCUT2D eigenvalue weighted by molar-refractivity contribution is 7.99. The van der Waals surface area contributed by atoms with Crippen LogP contribution >= 0.6 is 11.8 Å². The summed E-state index contributed by atoms with van der Waals surface area (Å²) >= 11 is 1.90. The Labute approximate surface area is 112 Å². The number of unbranched alkanes of at least 4 members (excludes halogenated alkanes) is 2. The minimum absolute atomic E-state index is 0.833. The molecule has 0 saturated heterocycles. The van der Waals surface area contributed by atoms with Gasteiger partial charge in [-0.05, 0) is 42.9 Å². The van der Waals surface area contributed by atoms with E-state index in [0.717, 1.165) is 12.2 Å². The van der Waals surface area contributed by atoms with Gasteiger partial charge >= 0.3 is 0 Å². The van der Waals surface area contributed by atoms with Crippen LogP contribution in [-0.4, -0.2) is 15.3 Å². The number of aryl methyl sites for hydroxylation is 1. The number of nitrogens with two attached hydrogens (primary N) is 1. The molecular formula is C14H19N3S. The molecule has 0 amide bonds. The third-order valence-corrected chi connectivity index (χ3v) is 3.87. The van der Waals surface area contributed by atoms with Crippen molar-refractivity contribution < 1.29 is 0 Å². The number of hydrogen-bond acceptors (Lipinski definition) is 3. The quantitative estimate of drug-likeness (QED) is 0.472. The van der Waals surface area contributed by atoms with E-state index in [1.54, 1.807) is 0 Å². The molecule has 3 nitrogen and oxygen atoms in total. The van der Waals surface area contributed by atoms with Gasteiger partial charge in [-0.2, -0.15) is 0 Å². The van der Waals surface area contributed by atoms with Gasteiger partial charge in [0.15, 0.2) is 0 Å². The van der Waals surface area contributed by atoms with Crippen LogP contribution in [0.15, 0.2) is 47.9 Å². The largest absolute Gasteiger partial charge is 0.399 e. The Kier molecular flexibility index (Phi) is 5.15. The topological polar surface area (TPSA) is 43.8 Å². The molecule has 0 fully saturated rings. The van der Waals surface area contributed by atoms with E-state index in [0.29, 0.717) is 0 Å². The van der Waals surface area contributed by atoms with Crippen molar-refractivity contribution in [2.75, 3.05) is 11.5 Å². The zero-order valence-corrected chi connectivity index (χ0v) is 11.3. The molecule has 96 valence electrons. The molecule has 0 spiro atoms. The second kappa shape index (κ2) is 7.11. The SMILES string of the molecule is Nc1ccc(SCCCCCn2ccnc2)cc1. The van der Waals surface area contributed by atoms with Crippen molar-refractivity contribution in [1.82, 2.24) is 9.55 Å². The van der Waals surface area contributed by atoms with Gasteiger partial charge in [-0.1, -0.05) is 6.42 Å². The summed E-state index contributed by atoms with van der Waals surface area (Å²) in [4.78, 5) is 5.34. The highest BCUT2D eigenvalue weighted by Crippen LogP contribution is 2.20. The number of aromatic nitrogens is 2. The number of thioether (sulfide) groups is 1. The summed E-state index contributed by atoms with van der Waals surface area (Å²) < 4.78 is 2.13. The first kappa shape index (κ1) is 13.0. The van der Waals surface area contributed by atoms with Crippen LogP contribution < -0.4 is 5.73 Å². The predicted octanol–water partition coefficient (Wildman–Crippen LogP) is 3.43. The van der Waals surface area contributed by atoms with Crippen LogP contribution in [0.3, 0.4) is 0 Å². The second-order valence-corrected chi connectivity index (χ2v) is 5.45. The number of nitrogen functional groups attached to an aromatic ring is 1. The maximum atomic E-state index is 5.65. The van der Waals surface area contributed by atoms with E-state index in [2.05, 4.69) is 21.7 Å². The van der Waals surface area contributed by atoms with Crippen LogP contribution in [0.4, 0.5) is 5.69 Å². The molecule has 0 atom stereocenters. The standard InChI is InChI=1S/C14H19N3S/c15-13-4-6-14(7-5-13)18-11-3-1-2-9-17-10-8-16-12-17/h4-8,10,12H,1-3,9,11,15H2. The lowest BCUT2D eigenvalue weighted by molar-refractivity contribution is 0.604. The lowest BCUT2D eigenvalue weighted by Crippen LogP contribution is -1.94. The van der Waals surface area contributed by atoms with Gasteiger partial charge in [0, 0.05) is 29.5 Å². The Morgan fingerprint density at radius 3 is 2.67 bits per heavy atom. The van der Waals surface area contributed by atoms with Crippen LogP contribution in [0.5, 0.6) is 0 Å². The van der Waals surface area contributed by atoms with E-state index in [-0.39, 0.29) is 0 Å². The van der Waals surface area contributed by atoms with Crippen LogP contribution in [0.2, 0.25) is 0 Å². The molecule has 1 aromatic heterocycles. The lowest BCUT2D eigenvalue weighted by Gasteiger charge is -2.03. The van der Waals surface area contributed by atoms with Crippen LogP contribution in [0.1, 0.15) is 19.3 Å². The van der Waals surface area contributed by atoms with Crippen molar-refractivity contribution in [2.45, 2.75) is 30.7 Å². The average molecular weight is 261 g/mol. The Morgan fingerprint density at radius 1 is 1.11 bits per heavy atom. The van der Waals surface area contributed by atoms with E-state index in [4.69, 9.17) is 5.73 Å². The smallest absolute Gasteiger partial charge is 0.0945 e. The Hall–Kier alpha value is -1.42. The van der Waals surface area contributed by atoms with Crippen molar-refractivity contribution in [3.63, 3.8) is 0 Å². The molecule has 1 heterocycles. The van der Waals surface area contributed by atoms with Crippen LogP contribution in [0, 0.1) is 0 Å². The third-order valence-electron chi connectivity index (χ3n) is 2.77. The van der Waals surface area contributed by atoms with Gasteiger partial charge in [0.25, 0.3) is 0 Å². The first-order valence-corrected chi connectivity index (χ1v) is 7.27. The van der Waals surface area contributed by atoms with Crippen molar-refractivity contribution >= 4 is 17.4 Å². The minimum atomic E-state index is 0.833. The van der Waals surface area contributed by atoms with Gasteiger partial charge in [-0.15, -0.1) is 11.8 Å². The van der Waals surface area contributed by atoms with E-state index >= 15 is 0 Å². The summed E-state index contributed by atoms with van der Waals surface area (Å²) in [6, 6.07) is 8.10. The molecule has 2 N–H and O–H groups in total. The van der Waals surface area contributed by atoms with E-state index < -0.39 is 0 Å². The molecule has 0 unspecified atom stereocenters. The van der Waals surface area contributed by atoms with Gasteiger partial charge in [0.05, 0.1) is 6.33 Å².